The molecule has 0 saturated carbocycles. The molecule has 0 aromatic carbocycles. The van der Waals surface area contributed by atoms with Gasteiger partial charge in [-0.25, -0.2) is 0 Å². The largest absolute Gasteiger partial charge is 0.462 e. The number of hydrogen-bond acceptors (Lipinski definition) is 6. The minimum absolute atomic E-state index is 0.0762. The lowest BCUT2D eigenvalue weighted by Crippen LogP contribution is -2.30. The van der Waals surface area contributed by atoms with E-state index >= 15 is 0 Å². The molecule has 0 N–H and O–H groups in total. The first kappa shape index (κ1) is 53.6. The second kappa shape index (κ2) is 45.3. The Hall–Kier alpha value is -2.37. The van der Waals surface area contributed by atoms with Crippen LogP contribution >= 0.6 is 0 Å². The van der Waals surface area contributed by atoms with Gasteiger partial charge in [-0.2, -0.15) is 0 Å². The third-order valence-electron chi connectivity index (χ3n) is 10.4. The topological polar surface area (TPSA) is 78.9 Å². The molecule has 0 aromatic heterocycles. The highest BCUT2D eigenvalue weighted by molar-refractivity contribution is 5.71. The Balaban J connectivity index is 4.35. The molecule has 6 heteroatoms. The van der Waals surface area contributed by atoms with Crippen LogP contribution in [-0.4, -0.2) is 37.2 Å². The van der Waals surface area contributed by atoms with Crippen LogP contribution in [0.1, 0.15) is 245 Å². The first-order valence-electron chi connectivity index (χ1n) is 24.0. The zero-order valence-corrected chi connectivity index (χ0v) is 37.2. The SMILES string of the molecule is CCCCC/C=C\C/C=C\C/C=C\CCCCCCC(=O)OC[C@@H](COC(=O)CCCCCCCCCCC)OC(=O)CCCCCCCCCCCCCC. The maximum Gasteiger partial charge on any atom is 0.306 e. The molecule has 0 heterocycles. The number of hydrogen-bond donors (Lipinski definition) is 0. The third-order valence-corrected chi connectivity index (χ3v) is 10.4. The van der Waals surface area contributed by atoms with E-state index in [1.165, 1.54) is 122 Å². The molecule has 0 aliphatic carbocycles. The molecule has 0 amide bonds. The van der Waals surface area contributed by atoms with E-state index in [0.29, 0.717) is 19.3 Å². The lowest BCUT2D eigenvalue weighted by Gasteiger charge is -2.18. The monoisotopic (exact) mass is 787 g/mol. The second-order valence-corrected chi connectivity index (χ2v) is 16.0. The van der Waals surface area contributed by atoms with Crippen molar-refractivity contribution < 1.29 is 28.6 Å². The molecule has 0 spiro atoms. The molecule has 1 atom stereocenters. The van der Waals surface area contributed by atoms with Gasteiger partial charge in [-0.3, -0.25) is 14.4 Å². The normalized spacial score (nSPS) is 12.3. The number of carbonyl (C=O) groups excluding carboxylic acids is 3. The molecule has 0 aromatic rings. The summed E-state index contributed by atoms with van der Waals surface area (Å²) in [5.41, 5.74) is 0. The summed E-state index contributed by atoms with van der Waals surface area (Å²) in [5, 5.41) is 0. The third kappa shape index (κ3) is 42.8. The van der Waals surface area contributed by atoms with Gasteiger partial charge < -0.3 is 14.2 Å². The summed E-state index contributed by atoms with van der Waals surface area (Å²) in [5.74, 6) is -0.896. The molecular weight excluding hydrogens is 697 g/mol. The van der Waals surface area contributed by atoms with Crippen molar-refractivity contribution in [2.24, 2.45) is 0 Å². The van der Waals surface area contributed by atoms with E-state index in [0.717, 1.165) is 83.5 Å². The number of rotatable bonds is 43. The maximum absolute atomic E-state index is 12.7. The van der Waals surface area contributed by atoms with Crippen molar-refractivity contribution in [2.75, 3.05) is 13.2 Å². The van der Waals surface area contributed by atoms with Crippen LogP contribution in [0, 0.1) is 0 Å². The number of allylic oxidation sites excluding steroid dienone is 6. The van der Waals surface area contributed by atoms with Crippen molar-refractivity contribution in [3.63, 3.8) is 0 Å². The van der Waals surface area contributed by atoms with Gasteiger partial charge in [0.2, 0.25) is 0 Å². The van der Waals surface area contributed by atoms with Gasteiger partial charge in [0, 0.05) is 19.3 Å². The Morgan fingerprint density at radius 3 is 1.04 bits per heavy atom. The summed E-state index contributed by atoms with van der Waals surface area (Å²) in [6.45, 7) is 6.57. The van der Waals surface area contributed by atoms with E-state index in [-0.39, 0.29) is 31.1 Å². The maximum atomic E-state index is 12.7. The average molecular weight is 787 g/mol. The Morgan fingerprint density at radius 1 is 0.357 bits per heavy atom. The predicted octanol–water partition coefficient (Wildman–Crippen LogP) is 15.4. The van der Waals surface area contributed by atoms with Gasteiger partial charge in [-0.05, 0) is 57.8 Å². The predicted molar refractivity (Wildman–Crippen MR) is 238 cm³/mol. The molecule has 0 bridgehead atoms. The molecule has 0 saturated heterocycles. The zero-order chi connectivity index (χ0) is 40.8. The second-order valence-electron chi connectivity index (χ2n) is 16.0. The Morgan fingerprint density at radius 2 is 0.643 bits per heavy atom. The molecule has 56 heavy (non-hydrogen) atoms. The van der Waals surface area contributed by atoms with E-state index in [2.05, 4.69) is 57.2 Å². The highest BCUT2D eigenvalue weighted by Crippen LogP contribution is 2.15. The molecule has 326 valence electrons. The van der Waals surface area contributed by atoms with Crippen LogP contribution in [0.25, 0.3) is 0 Å². The van der Waals surface area contributed by atoms with Crippen LogP contribution in [0.5, 0.6) is 0 Å². The van der Waals surface area contributed by atoms with Crippen molar-refractivity contribution in [3.05, 3.63) is 36.5 Å². The van der Waals surface area contributed by atoms with Crippen molar-refractivity contribution in [1.82, 2.24) is 0 Å². The summed E-state index contributed by atoms with van der Waals surface area (Å²) in [7, 11) is 0. The summed E-state index contributed by atoms with van der Waals surface area (Å²) in [6.07, 6.45) is 51.2. The molecule has 0 aliphatic heterocycles. The Labute approximate surface area is 346 Å². The van der Waals surface area contributed by atoms with Gasteiger partial charge in [0.1, 0.15) is 13.2 Å². The minimum atomic E-state index is -0.774. The molecular formula is C50H90O6. The lowest BCUT2D eigenvalue weighted by molar-refractivity contribution is -0.167. The van der Waals surface area contributed by atoms with Crippen LogP contribution in [-0.2, 0) is 28.6 Å². The summed E-state index contributed by atoms with van der Waals surface area (Å²) in [6, 6.07) is 0. The highest BCUT2D eigenvalue weighted by atomic mass is 16.6. The number of carbonyl (C=O) groups is 3. The quantitative estimate of drug-likeness (QED) is 0.0265. The number of ether oxygens (including phenoxy) is 3. The number of esters is 3. The van der Waals surface area contributed by atoms with Gasteiger partial charge in [-0.1, -0.05) is 205 Å². The standard InChI is InChI=1S/C50H90O6/c1-4-7-10-13-16-19-21-23-24-25-26-27-29-31-34-37-40-43-49(52)55-46-47(45-54-48(51)42-39-36-33-30-18-15-12-9-6-3)56-50(53)44-41-38-35-32-28-22-20-17-14-11-8-5-2/h16,19,23-24,26-27,47H,4-15,17-18,20-22,25,28-46H2,1-3H3/b19-16-,24-23-,27-26-/t47-/m1/s1. The van der Waals surface area contributed by atoms with Gasteiger partial charge in [0.25, 0.3) is 0 Å². The summed E-state index contributed by atoms with van der Waals surface area (Å²) in [4.78, 5) is 37.7. The fourth-order valence-electron chi connectivity index (χ4n) is 6.74. The fraction of sp³-hybridized carbons (Fsp3) is 0.820. The minimum Gasteiger partial charge on any atom is -0.462 e. The molecule has 0 rings (SSSR count). The van der Waals surface area contributed by atoms with Gasteiger partial charge in [0.15, 0.2) is 6.10 Å². The van der Waals surface area contributed by atoms with Crippen molar-refractivity contribution in [1.29, 1.82) is 0 Å². The van der Waals surface area contributed by atoms with Crippen molar-refractivity contribution >= 4 is 17.9 Å². The van der Waals surface area contributed by atoms with Crippen molar-refractivity contribution in [2.45, 2.75) is 252 Å². The molecule has 0 radical (unpaired) electrons. The fourth-order valence-corrected chi connectivity index (χ4v) is 6.74. The molecule has 0 fully saturated rings. The zero-order valence-electron chi connectivity index (χ0n) is 37.2. The van der Waals surface area contributed by atoms with Crippen LogP contribution < -0.4 is 0 Å². The Bertz CT molecular complexity index is 953. The lowest BCUT2D eigenvalue weighted by atomic mass is 10.0. The highest BCUT2D eigenvalue weighted by Gasteiger charge is 2.19. The smallest absolute Gasteiger partial charge is 0.306 e. The molecule has 0 aliphatic rings. The van der Waals surface area contributed by atoms with E-state index in [1.807, 2.05) is 0 Å². The van der Waals surface area contributed by atoms with Crippen LogP contribution in [0.2, 0.25) is 0 Å². The van der Waals surface area contributed by atoms with E-state index in [4.69, 9.17) is 14.2 Å². The van der Waals surface area contributed by atoms with Gasteiger partial charge in [0.05, 0.1) is 0 Å². The van der Waals surface area contributed by atoms with Crippen LogP contribution in [0.3, 0.4) is 0 Å². The average Bonchev–Trinajstić information content (AvgIpc) is 3.19. The molecule has 6 nitrogen and oxygen atoms in total. The first-order valence-corrected chi connectivity index (χ1v) is 24.0. The van der Waals surface area contributed by atoms with E-state index in [9.17, 15) is 14.4 Å². The van der Waals surface area contributed by atoms with Gasteiger partial charge >= 0.3 is 17.9 Å². The van der Waals surface area contributed by atoms with Crippen LogP contribution in [0.15, 0.2) is 36.5 Å². The van der Waals surface area contributed by atoms with Crippen LogP contribution in [0.4, 0.5) is 0 Å². The van der Waals surface area contributed by atoms with E-state index < -0.39 is 6.10 Å². The first-order chi connectivity index (χ1) is 27.5. The summed E-state index contributed by atoms with van der Waals surface area (Å²) >= 11 is 0. The van der Waals surface area contributed by atoms with Gasteiger partial charge in [-0.15, -0.1) is 0 Å². The molecule has 0 unspecified atom stereocenters. The van der Waals surface area contributed by atoms with E-state index in [1.54, 1.807) is 0 Å². The Kier molecular flexibility index (Phi) is 43.4. The van der Waals surface area contributed by atoms with Crippen molar-refractivity contribution in [3.8, 4) is 0 Å². The summed E-state index contributed by atoms with van der Waals surface area (Å²) < 4.78 is 16.7. The number of unbranched alkanes of at least 4 members (excludes halogenated alkanes) is 26.